The number of hydrogen-bond acceptors (Lipinski definition) is 7. The van der Waals surface area contributed by atoms with Crippen LogP contribution in [-0.2, 0) is 14.3 Å². The lowest BCUT2D eigenvalue weighted by molar-refractivity contribution is -0.148. The predicted octanol–water partition coefficient (Wildman–Crippen LogP) is 1.73. The normalized spacial score (nSPS) is 19.3. The van der Waals surface area contributed by atoms with E-state index in [2.05, 4.69) is 9.90 Å². The van der Waals surface area contributed by atoms with Gasteiger partial charge in [0.25, 0.3) is 0 Å². The number of amides is 1. The molecule has 1 unspecified atom stereocenters. The Morgan fingerprint density at radius 2 is 2.11 bits per heavy atom. The second kappa shape index (κ2) is 7.74. The Labute approximate surface area is 120 Å². The van der Waals surface area contributed by atoms with Gasteiger partial charge < -0.3 is 10.1 Å². The van der Waals surface area contributed by atoms with Gasteiger partial charge in [-0.2, -0.15) is 11.8 Å². The molecule has 1 atom stereocenters. The molecular formula is C11H18N2O4S2. The Morgan fingerprint density at radius 3 is 2.58 bits per heavy atom. The molecule has 0 aromatic heterocycles. The molecule has 1 N–H and O–H groups in total. The van der Waals surface area contributed by atoms with Crippen molar-refractivity contribution in [3.63, 3.8) is 0 Å². The second-order valence-corrected chi connectivity index (χ2v) is 6.60. The number of rotatable bonds is 6. The van der Waals surface area contributed by atoms with Crippen LogP contribution < -0.4 is 5.32 Å². The Morgan fingerprint density at radius 1 is 1.47 bits per heavy atom. The Kier molecular flexibility index (Phi) is 6.64. The molecule has 0 aromatic rings. The first-order chi connectivity index (χ1) is 9.05. The van der Waals surface area contributed by atoms with E-state index in [-0.39, 0.29) is 12.5 Å². The molecule has 6 nitrogen and oxygen atoms in total. The van der Waals surface area contributed by atoms with E-state index >= 15 is 0 Å². The molecule has 108 valence electrons. The van der Waals surface area contributed by atoms with E-state index in [1.807, 2.05) is 0 Å². The van der Waals surface area contributed by atoms with Crippen LogP contribution in [0, 0.1) is 4.91 Å². The second-order valence-electron chi connectivity index (χ2n) is 4.23. The molecule has 1 rings (SSSR count). The van der Waals surface area contributed by atoms with Crippen LogP contribution in [0.3, 0.4) is 0 Å². The molecule has 0 aliphatic carbocycles. The van der Waals surface area contributed by atoms with Crippen LogP contribution in [0.4, 0.5) is 0 Å². The molecule has 1 aliphatic rings. The first-order valence-corrected chi connectivity index (χ1v) is 8.01. The van der Waals surface area contributed by atoms with Crippen molar-refractivity contribution in [3.05, 3.63) is 4.91 Å². The monoisotopic (exact) mass is 306 g/mol. The smallest absolute Gasteiger partial charge is 0.330 e. The van der Waals surface area contributed by atoms with Crippen LogP contribution in [0.5, 0.6) is 0 Å². The summed E-state index contributed by atoms with van der Waals surface area (Å²) in [7, 11) is 0. The fraction of sp³-hybridized carbons (Fsp3) is 0.818. The number of nitrogens with one attached hydrogen (secondary N) is 1. The van der Waals surface area contributed by atoms with Gasteiger partial charge in [0.1, 0.15) is 6.04 Å². The standard InChI is InChI=1S/C11H18N2O4S2/c1-3-17-10(15)9(12-8(2)14)11(19-13-16)4-6-18-7-5-11/h9H,3-7H2,1-2H3,(H,12,14). The quantitative estimate of drug-likeness (QED) is 0.457. The van der Waals surface area contributed by atoms with Gasteiger partial charge in [-0.15, -0.1) is 4.91 Å². The van der Waals surface area contributed by atoms with Gasteiger partial charge in [0.2, 0.25) is 5.91 Å². The molecule has 0 radical (unpaired) electrons. The van der Waals surface area contributed by atoms with Crippen molar-refractivity contribution in [2.45, 2.75) is 37.5 Å². The van der Waals surface area contributed by atoms with E-state index < -0.39 is 16.8 Å². The minimum atomic E-state index is -0.825. The van der Waals surface area contributed by atoms with Gasteiger partial charge in [0, 0.05) is 23.5 Å². The summed E-state index contributed by atoms with van der Waals surface area (Å²) < 4.78 is 7.22. The summed E-state index contributed by atoms with van der Waals surface area (Å²) in [4.78, 5) is 34.1. The van der Waals surface area contributed by atoms with Crippen molar-refractivity contribution in [2.75, 3.05) is 18.1 Å². The highest BCUT2D eigenvalue weighted by Crippen LogP contribution is 2.42. The number of esters is 1. The third-order valence-electron chi connectivity index (χ3n) is 2.95. The number of ether oxygens (including phenoxy) is 1. The Bertz CT molecular complexity index is 346. The summed E-state index contributed by atoms with van der Waals surface area (Å²) in [6, 6.07) is -0.825. The van der Waals surface area contributed by atoms with E-state index in [1.54, 1.807) is 18.7 Å². The molecule has 0 spiro atoms. The molecular weight excluding hydrogens is 288 g/mol. The SMILES string of the molecule is CCOC(=O)C(NC(C)=O)C1(SN=O)CCSCC1. The molecule has 1 aliphatic heterocycles. The van der Waals surface area contributed by atoms with Crippen LogP contribution >= 0.6 is 23.7 Å². The maximum atomic E-state index is 12.1. The number of carbonyl (C=O) groups is 2. The van der Waals surface area contributed by atoms with E-state index in [0.29, 0.717) is 12.8 Å². The number of nitrogens with zero attached hydrogens (tertiary/aromatic N) is 1. The Hall–Kier alpha value is -0.760. The highest BCUT2D eigenvalue weighted by atomic mass is 32.2. The van der Waals surface area contributed by atoms with Gasteiger partial charge in [-0.05, 0) is 31.3 Å². The molecule has 8 heteroatoms. The lowest BCUT2D eigenvalue weighted by Crippen LogP contribution is -2.56. The summed E-state index contributed by atoms with van der Waals surface area (Å²) >= 11 is 2.61. The minimum Gasteiger partial charge on any atom is -0.464 e. The molecule has 19 heavy (non-hydrogen) atoms. The van der Waals surface area contributed by atoms with Crippen molar-refractivity contribution in [1.82, 2.24) is 5.32 Å². The average molecular weight is 306 g/mol. The zero-order valence-corrected chi connectivity index (χ0v) is 12.6. The van der Waals surface area contributed by atoms with Crippen molar-refractivity contribution in [1.29, 1.82) is 0 Å². The topological polar surface area (TPSA) is 84.8 Å². The van der Waals surface area contributed by atoms with Crippen molar-refractivity contribution >= 4 is 35.6 Å². The van der Waals surface area contributed by atoms with Crippen LogP contribution in [0.2, 0.25) is 0 Å². The summed E-state index contributed by atoms with van der Waals surface area (Å²) in [5.74, 6) is 0.846. The van der Waals surface area contributed by atoms with Gasteiger partial charge in [-0.3, -0.25) is 4.79 Å². The van der Waals surface area contributed by atoms with E-state index in [9.17, 15) is 14.5 Å². The largest absolute Gasteiger partial charge is 0.464 e. The third-order valence-corrected chi connectivity index (χ3v) is 5.02. The summed E-state index contributed by atoms with van der Waals surface area (Å²) in [6.07, 6.45) is 1.27. The van der Waals surface area contributed by atoms with Crippen LogP contribution in [0.1, 0.15) is 26.7 Å². The first kappa shape index (κ1) is 16.3. The predicted molar refractivity (Wildman–Crippen MR) is 76.9 cm³/mol. The zero-order valence-electron chi connectivity index (χ0n) is 11.0. The van der Waals surface area contributed by atoms with E-state index in [4.69, 9.17) is 4.74 Å². The fourth-order valence-electron chi connectivity index (χ4n) is 2.06. The van der Waals surface area contributed by atoms with Crippen molar-refractivity contribution in [3.8, 4) is 0 Å². The first-order valence-electron chi connectivity index (χ1n) is 6.08. The maximum absolute atomic E-state index is 12.1. The zero-order chi connectivity index (χ0) is 14.3. The maximum Gasteiger partial charge on any atom is 0.330 e. The Balaban J connectivity index is 2.97. The minimum absolute atomic E-state index is 0.235. The number of nitroso groups, excluding NO2 is 1. The van der Waals surface area contributed by atoms with Gasteiger partial charge in [0.15, 0.2) is 0 Å². The molecule has 0 saturated carbocycles. The highest BCUT2D eigenvalue weighted by Gasteiger charge is 2.47. The van der Waals surface area contributed by atoms with E-state index in [1.165, 1.54) is 6.92 Å². The van der Waals surface area contributed by atoms with E-state index in [0.717, 1.165) is 23.5 Å². The van der Waals surface area contributed by atoms with Crippen LogP contribution in [-0.4, -0.2) is 40.8 Å². The van der Waals surface area contributed by atoms with Gasteiger partial charge in [-0.25, -0.2) is 4.79 Å². The molecule has 1 fully saturated rings. The summed E-state index contributed by atoms with van der Waals surface area (Å²) in [5, 5.41) is 2.62. The van der Waals surface area contributed by atoms with Crippen molar-refractivity contribution < 1.29 is 14.3 Å². The van der Waals surface area contributed by atoms with Gasteiger partial charge in [-0.1, -0.05) is 0 Å². The number of hydrogen-bond donors (Lipinski definition) is 1. The molecule has 1 heterocycles. The lowest BCUT2D eigenvalue weighted by Gasteiger charge is -2.38. The van der Waals surface area contributed by atoms with Crippen molar-refractivity contribution in [2.24, 2.45) is 4.58 Å². The number of thioether (sulfide) groups is 1. The fourth-order valence-corrected chi connectivity index (χ4v) is 4.33. The molecule has 1 saturated heterocycles. The molecule has 0 aromatic carbocycles. The van der Waals surface area contributed by atoms with Gasteiger partial charge in [0.05, 0.1) is 11.4 Å². The summed E-state index contributed by atoms with van der Waals surface area (Å²) in [6.45, 7) is 3.28. The lowest BCUT2D eigenvalue weighted by atomic mass is 9.92. The third kappa shape index (κ3) is 4.38. The summed E-state index contributed by atoms with van der Waals surface area (Å²) in [5.41, 5.74) is 0. The average Bonchev–Trinajstić information content (AvgIpc) is 2.37. The van der Waals surface area contributed by atoms with Crippen LogP contribution in [0.25, 0.3) is 0 Å². The van der Waals surface area contributed by atoms with Gasteiger partial charge >= 0.3 is 5.97 Å². The number of carbonyl (C=O) groups excluding carboxylic acids is 2. The molecule has 0 bridgehead atoms. The van der Waals surface area contributed by atoms with Crippen LogP contribution in [0.15, 0.2) is 4.58 Å². The molecule has 1 amide bonds. The highest BCUT2D eigenvalue weighted by molar-refractivity contribution is 8.00.